The van der Waals surface area contributed by atoms with Gasteiger partial charge in [0.2, 0.25) is 5.91 Å². The van der Waals surface area contributed by atoms with Gasteiger partial charge in [-0.05, 0) is 31.5 Å². The van der Waals surface area contributed by atoms with Crippen molar-refractivity contribution in [2.24, 2.45) is 5.73 Å². The Morgan fingerprint density at radius 3 is 2.67 bits per heavy atom. The molecule has 0 spiro atoms. The molecule has 0 fully saturated rings. The van der Waals surface area contributed by atoms with Gasteiger partial charge in [-0.1, -0.05) is 12.1 Å². The fraction of sp³-hybridized carbons (Fsp3) is 0.462. The molecular formula is C13H22N2O3. The minimum atomic E-state index is -0.162. The first-order valence-electron chi connectivity index (χ1n) is 5.83. The number of aliphatic hydroxyl groups excluding tert-OH is 1. The number of carbonyl (C=O) groups excluding carboxylic acids is 1. The Morgan fingerprint density at radius 2 is 2.17 bits per heavy atom. The molecule has 0 saturated heterocycles. The second-order valence-electron chi connectivity index (χ2n) is 3.59. The molecule has 1 amide bonds. The Bertz CT molecular complexity index is 356. The summed E-state index contributed by atoms with van der Waals surface area (Å²) in [6.45, 7) is 3.84. The molecule has 0 saturated carbocycles. The van der Waals surface area contributed by atoms with Crippen LogP contribution in [0, 0.1) is 0 Å². The van der Waals surface area contributed by atoms with Gasteiger partial charge in [-0.15, -0.1) is 0 Å². The van der Waals surface area contributed by atoms with E-state index in [0.29, 0.717) is 0 Å². The highest BCUT2D eigenvalue weighted by Crippen LogP contribution is 2.18. The van der Waals surface area contributed by atoms with E-state index in [0.717, 1.165) is 11.3 Å². The highest BCUT2D eigenvalue weighted by atomic mass is 16.5. The minimum absolute atomic E-state index is 0.00824. The molecule has 102 valence electrons. The molecule has 0 aliphatic heterocycles. The van der Waals surface area contributed by atoms with Crippen LogP contribution in [0.5, 0.6) is 5.75 Å². The van der Waals surface area contributed by atoms with Crippen LogP contribution in [0.25, 0.3) is 0 Å². The van der Waals surface area contributed by atoms with Crippen molar-refractivity contribution in [1.82, 2.24) is 5.32 Å². The summed E-state index contributed by atoms with van der Waals surface area (Å²) in [6, 6.07) is 7.52. The standard InChI is InChI=1S/C11H16N2O2.C2H6O/c1-8(13-11(14)7-12)9-4-3-5-10(6-9)15-2;1-2-3/h3-6,8H,7,12H2,1-2H3,(H,13,14);3H,2H2,1H3. The number of nitrogens with one attached hydrogen (secondary N) is 1. The predicted molar refractivity (Wildman–Crippen MR) is 71.4 cm³/mol. The molecule has 1 rings (SSSR count). The minimum Gasteiger partial charge on any atom is -0.497 e. The van der Waals surface area contributed by atoms with Crippen LogP contribution in [0.2, 0.25) is 0 Å². The van der Waals surface area contributed by atoms with E-state index in [1.807, 2.05) is 31.2 Å². The van der Waals surface area contributed by atoms with E-state index in [1.165, 1.54) is 0 Å². The SMILES string of the molecule is CCO.COc1cccc(C(C)NC(=O)CN)c1. The van der Waals surface area contributed by atoms with Crippen molar-refractivity contribution >= 4 is 5.91 Å². The lowest BCUT2D eigenvalue weighted by atomic mass is 10.1. The normalized spacial score (nSPS) is 10.9. The quantitative estimate of drug-likeness (QED) is 0.743. The predicted octanol–water partition coefficient (Wildman–Crippen LogP) is 0.830. The van der Waals surface area contributed by atoms with Gasteiger partial charge in [-0.25, -0.2) is 0 Å². The zero-order chi connectivity index (χ0) is 14.0. The smallest absolute Gasteiger partial charge is 0.234 e. The van der Waals surface area contributed by atoms with E-state index in [2.05, 4.69) is 5.32 Å². The molecule has 4 N–H and O–H groups in total. The number of hydrogen-bond donors (Lipinski definition) is 3. The first-order valence-corrected chi connectivity index (χ1v) is 5.83. The number of methoxy groups -OCH3 is 1. The van der Waals surface area contributed by atoms with E-state index < -0.39 is 0 Å². The maximum Gasteiger partial charge on any atom is 0.234 e. The van der Waals surface area contributed by atoms with E-state index in [9.17, 15) is 4.79 Å². The van der Waals surface area contributed by atoms with Gasteiger partial charge in [0.15, 0.2) is 0 Å². The van der Waals surface area contributed by atoms with Crippen molar-refractivity contribution in [3.05, 3.63) is 29.8 Å². The van der Waals surface area contributed by atoms with Gasteiger partial charge in [0.1, 0.15) is 5.75 Å². The number of aliphatic hydroxyl groups is 1. The Kier molecular flexibility index (Phi) is 8.61. The van der Waals surface area contributed by atoms with E-state index in [4.69, 9.17) is 15.6 Å². The van der Waals surface area contributed by atoms with Gasteiger partial charge in [0.05, 0.1) is 19.7 Å². The average molecular weight is 254 g/mol. The summed E-state index contributed by atoms with van der Waals surface area (Å²) >= 11 is 0. The summed E-state index contributed by atoms with van der Waals surface area (Å²) in [5.41, 5.74) is 6.21. The number of nitrogens with two attached hydrogens (primary N) is 1. The first kappa shape index (κ1) is 16.4. The van der Waals surface area contributed by atoms with Gasteiger partial charge in [-0.2, -0.15) is 0 Å². The molecule has 18 heavy (non-hydrogen) atoms. The molecular weight excluding hydrogens is 232 g/mol. The van der Waals surface area contributed by atoms with Gasteiger partial charge in [0, 0.05) is 6.61 Å². The van der Waals surface area contributed by atoms with Crippen LogP contribution < -0.4 is 15.8 Å². The second kappa shape index (κ2) is 9.44. The third-order valence-electron chi connectivity index (χ3n) is 2.16. The number of carbonyl (C=O) groups is 1. The molecule has 1 unspecified atom stereocenters. The van der Waals surface area contributed by atoms with Crippen LogP contribution in [0.3, 0.4) is 0 Å². The summed E-state index contributed by atoms with van der Waals surface area (Å²) in [5, 5.41) is 10.3. The highest BCUT2D eigenvalue weighted by molar-refractivity contribution is 5.78. The fourth-order valence-corrected chi connectivity index (χ4v) is 1.29. The highest BCUT2D eigenvalue weighted by Gasteiger charge is 2.08. The van der Waals surface area contributed by atoms with Crippen molar-refractivity contribution in [3.8, 4) is 5.75 Å². The van der Waals surface area contributed by atoms with E-state index >= 15 is 0 Å². The molecule has 1 aromatic rings. The Morgan fingerprint density at radius 1 is 1.56 bits per heavy atom. The van der Waals surface area contributed by atoms with Crippen LogP contribution >= 0.6 is 0 Å². The summed E-state index contributed by atoms with van der Waals surface area (Å²) < 4.78 is 5.10. The number of ether oxygens (including phenoxy) is 1. The third-order valence-corrected chi connectivity index (χ3v) is 2.16. The van der Waals surface area contributed by atoms with E-state index in [1.54, 1.807) is 14.0 Å². The Balaban J connectivity index is 0.000000873. The first-order chi connectivity index (χ1) is 8.58. The molecule has 5 nitrogen and oxygen atoms in total. The molecule has 5 heteroatoms. The molecule has 0 bridgehead atoms. The van der Waals surface area contributed by atoms with Gasteiger partial charge in [-0.3, -0.25) is 4.79 Å². The summed E-state index contributed by atoms with van der Waals surface area (Å²) in [6.07, 6.45) is 0. The molecule has 1 aromatic carbocycles. The topological polar surface area (TPSA) is 84.6 Å². The van der Waals surface area contributed by atoms with Crippen LogP contribution in [-0.4, -0.2) is 31.3 Å². The van der Waals surface area contributed by atoms with Crippen molar-refractivity contribution in [3.63, 3.8) is 0 Å². The number of hydrogen-bond acceptors (Lipinski definition) is 4. The van der Waals surface area contributed by atoms with Crippen LogP contribution in [0.4, 0.5) is 0 Å². The monoisotopic (exact) mass is 254 g/mol. The summed E-state index contributed by atoms with van der Waals surface area (Å²) in [5.74, 6) is 0.617. The Labute approximate surface area is 108 Å². The van der Waals surface area contributed by atoms with Crippen LogP contribution in [0.1, 0.15) is 25.5 Å². The van der Waals surface area contributed by atoms with Crippen LogP contribution in [0.15, 0.2) is 24.3 Å². The van der Waals surface area contributed by atoms with Crippen molar-refractivity contribution in [1.29, 1.82) is 0 Å². The van der Waals surface area contributed by atoms with Crippen LogP contribution in [-0.2, 0) is 4.79 Å². The summed E-state index contributed by atoms with van der Waals surface area (Å²) in [4.78, 5) is 11.1. The lowest BCUT2D eigenvalue weighted by Crippen LogP contribution is -2.32. The molecule has 0 aromatic heterocycles. The molecule has 0 radical (unpaired) electrons. The Hall–Kier alpha value is -1.59. The molecule has 0 aliphatic rings. The third kappa shape index (κ3) is 6.22. The van der Waals surface area contributed by atoms with Gasteiger partial charge >= 0.3 is 0 Å². The number of benzene rings is 1. The van der Waals surface area contributed by atoms with Crippen molar-refractivity contribution < 1.29 is 14.6 Å². The maximum absolute atomic E-state index is 11.1. The maximum atomic E-state index is 11.1. The van der Waals surface area contributed by atoms with Crippen molar-refractivity contribution in [2.45, 2.75) is 19.9 Å². The van der Waals surface area contributed by atoms with Gasteiger partial charge < -0.3 is 20.9 Å². The molecule has 0 heterocycles. The lowest BCUT2D eigenvalue weighted by Gasteiger charge is -2.14. The average Bonchev–Trinajstić information content (AvgIpc) is 2.39. The zero-order valence-electron chi connectivity index (χ0n) is 11.1. The summed E-state index contributed by atoms with van der Waals surface area (Å²) in [7, 11) is 1.61. The van der Waals surface area contributed by atoms with Gasteiger partial charge in [0.25, 0.3) is 0 Å². The zero-order valence-corrected chi connectivity index (χ0v) is 11.1. The van der Waals surface area contributed by atoms with Crippen molar-refractivity contribution in [2.75, 3.05) is 20.3 Å². The number of rotatable bonds is 4. The number of amides is 1. The molecule has 1 atom stereocenters. The fourth-order valence-electron chi connectivity index (χ4n) is 1.29. The van der Waals surface area contributed by atoms with E-state index in [-0.39, 0.29) is 25.1 Å². The lowest BCUT2D eigenvalue weighted by molar-refractivity contribution is -0.120. The molecule has 0 aliphatic carbocycles. The second-order valence-corrected chi connectivity index (χ2v) is 3.59. The largest absolute Gasteiger partial charge is 0.497 e.